The van der Waals surface area contributed by atoms with E-state index < -0.39 is 10.6 Å². The van der Waals surface area contributed by atoms with Crippen LogP contribution in [0.3, 0.4) is 0 Å². The fourth-order valence-corrected chi connectivity index (χ4v) is 2.58. The van der Waals surface area contributed by atoms with Gasteiger partial charge in [-0.3, -0.25) is 13.9 Å². The van der Waals surface area contributed by atoms with E-state index in [0.29, 0.717) is 23.2 Å². The highest BCUT2D eigenvalue weighted by Gasteiger charge is 2.23. The lowest BCUT2D eigenvalue weighted by Crippen LogP contribution is -2.08. The van der Waals surface area contributed by atoms with Crippen LogP contribution in [0.25, 0.3) is 0 Å². The summed E-state index contributed by atoms with van der Waals surface area (Å²) in [5.74, 6) is 0.437. The molecule has 0 bridgehead atoms. The molecule has 5 nitrogen and oxygen atoms in total. The van der Waals surface area contributed by atoms with Crippen molar-refractivity contribution in [1.82, 2.24) is 0 Å². The summed E-state index contributed by atoms with van der Waals surface area (Å²) in [6.45, 7) is 0. The Morgan fingerprint density at radius 2 is 2.18 bits per heavy atom. The van der Waals surface area contributed by atoms with E-state index in [-0.39, 0.29) is 5.04 Å². The molecule has 1 heterocycles. The van der Waals surface area contributed by atoms with Gasteiger partial charge in [0, 0.05) is 17.2 Å². The third-order valence-electron chi connectivity index (χ3n) is 2.33. The number of nitrogens with zero attached hydrogens (tertiary/aromatic N) is 1. The first-order valence-electron chi connectivity index (χ1n) is 4.74. The number of hydrogen-bond donors (Lipinski definition) is 2. The van der Waals surface area contributed by atoms with Crippen LogP contribution in [0.4, 0.5) is 0 Å². The van der Waals surface area contributed by atoms with Crippen molar-refractivity contribution in [3.05, 3.63) is 40.9 Å². The molecular formula is C11H11NO4S. The van der Waals surface area contributed by atoms with Crippen LogP contribution >= 0.6 is 10.6 Å². The summed E-state index contributed by atoms with van der Waals surface area (Å²) in [6.07, 6.45) is 1.99. The molecule has 1 aromatic rings. The van der Waals surface area contributed by atoms with Crippen molar-refractivity contribution in [3.63, 3.8) is 0 Å². The average molecular weight is 253 g/mol. The fourth-order valence-electron chi connectivity index (χ4n) is 1.53. The first-order chi connectivity index (χ1) is 8.08. The van der Waals surface area contributed by atoms with Crippen molar-refractivity contribution in [2.75, 3.05) is 7.11 Å². The molecule has 0 fully saturated rings. The van der Waals surface area contributed by atoms with Crippen LogP contribution in [0.2, 0.25) is 0 Å². The molecule has 0 amide bonds. The maximum atomic E-state index is 10.9. The van der Waals surface area contributed by atoms with Gasteiger partial charge in [0.1, 0.15) is 5.75 Å². The predicted molar refractivity (Wildman–Crippen MR) is 66.9 cm³/mol. The lowest BCUT2D eigenvalue weighted by Gasteiger charge is -2.25. The van der Waals surface area contributed by atoms with Crippen molar-refractivity contribution < 1.29 is 18.6 Å². The molecular weight excluding hydrogens is 242 g/mol. The van der Waals surface area contributed by atoms with Crippen LogP contribution in [0.5, 0.6) is 5.75 Å². The van der Waals surface area contributed by atoms with E-state index in [1.165, 1.54) is 24.8 Å². The summed E-state index contributed by atoms with van der Waals surface area (Å²) in [7, 11) is -1.51. The van der Waals surface area contributed by atoms with Crippen LogP contribution in [0.15, 0.2) is 34.8 Å². The van der Waals surface area contributed by atoms with E-state index in [0.717, 1.165) is 0 Å². The second kappa shape index (κ2) is 4.33. The number of rotatable bonds is 3. The van der Waals surface area contributed by atoms with E-state index in [1.807, 2.05) is 0 Å². The Kier molecular flexibility index (Phi) is 3.01. The maximum Gasteiger partial charge on any atom is 0.158 e. The zero-order valence-electron chi connectivity index (χ0n) is 9.03. The van der Waals surface area contributed by atoms with Crippen LogP contribution < -0.4 is 4.74 Å². The summed E-state index contributed by atoms with van der Waals surface area (Å²) < 4.78 is 24.4. The molecule has 1 aromatic carbocycles. The Labute approximate surface area is 99.8 Å². The Bertz CT molecular complexity index is 522. The molecule has 0 atom stereocenters. The third kappa shape index (κ3) is 2.10. The second-order valence-corrected chi connectivity index (χ2v) is 5.23. The summed E-state index contributed by atoms with van der Waals surface area (Å²) in [5.41, 5.74) is 0.840. The van der Waals surface area contributed by atoms with Crippen LogP contribution in [0.1, 0.15) is 15.9 Å². The van der Waals surface area contributed by atoms with Gasteiger partial charge in [0.05, 0.1) is 12.7 Å². The smallest absolute Gasteiger partial charge is 0.158 e. The van der Waals surface area contributed by atoms with Crippen molar-refractivity contribution in [1.29, 1.82) is 0 Å². The Morgan fingerprint density at radius 3 is 2.71 bits per heavy atom. The molecule has 17 heavy (non-hydrogen) atoms. The lowest BCUT2D eigenvalue weighted by atomic mass is 10.1. The van der Waals surface area contributed by atoms with E-state index in [1.54, 1.807) is 12.1 Å². The SMILES string of the molecule is COc1ccc(C2=NC=CS2(O)O)cc1C=O. The topological polar surface area (TPSA) is 79.1 Å². The fraction of sp³-hybridized carbons (Fsp3) is 0.0909. The van der Waals surface area contributed by atoms with Gasteiger partial charge in [-0.05, 0) is 18.2 Å². The van der Waals surface area contributed by atoms with Gasteiger partial charge in [0.2, 0.25) is 0 Å². The molecule has 0 radical (unpaired) electrons. The van der Waals surface area contributed by atoms with Gasteiger partial charge in [-0.1, -0.05) is 0 Å². The monoisotopic (exact) mass is 253 g/mol. The van der Waals surface area contributed by atoms with E-state index >= 15 is 0 Å². The molecule has 1 aliphatic rings. The second-order valence-electron chi connectivity index (χ2n) is 3.39. The molecule has 0 saturated carbocycles. The lowest BCUT2D eigenvalue weighted by molar-refractivity contribution is 0.112. The number of carbonyl (C=O) groups is 1. The third-order valence-corrected chi connectivity index (χ3v) is 3.74. The van der Waals surface area contributed by atoms with Crippen LogP contribution in [-0.4, -0.2) is 27.5 Å². The van der Waals surface area contributed by atoms with Crippen LogP contribution in [0, 0.1) is 0 Å². The minimum absolute atomic E-state index is 0.170. The molecule has 2 rings (SSSR count). The van der Waals surface area contributed by atoms with Crippen molar-refractivity contribution in [2.24, 2.45) is 4.99 Å². The molecule has 0 spiro atoms. The number of benzene rings is 1. The minimum Gasteiger partial charge on any atom is -0.496 e. The van der Waals surface area contributed by atoms with E-state index in [4.69, 9.17) is 4.74 Å². The summed E-state index contributed by atoms with van der Waals surface area (Å²) in [4.78, 5) is 14.8. The Morgan fingerprint density at radius 1 is 1.41 bits per heavy atom. The molecule has 6 heteroatoms. The molecule has 0 aliphatic carbocycles. The van der Waals surface area contributed by atoms with Gasteiger partial charge in [-0.2, -0.15) is 0 Å². The normalized spacial score (nSPS) is 18.6. The highest BCUT2D eigenvalue weighted by atomic mass is 32.3. The molecule has 0 unspecified atom stereocenters. The first kappa shape index (κ1) is 11.8. The van der Waals surface area contributed by atoms with Gasteiger partial charge in [0.15, 0.2) is 11.3 Å². The Balaban J connectivity index is 2.45. The molecule has 2 N–H and O–H groups in total. The van der Waals surface area contributed by atoms with Crippen LogP contribution in [-0.2, 0) is 0 Å². The van der Waals surface area contributed by atoms with Crippen molar-refractivity contribution >= 4 is 21.9 Å². The predicted octanol–water partition coefficient (Wildman–Crippen LogP) is 2.49. The van der Waals surface area contributed by atoms with Gasteiger partial charge >= 0.3 is 0 Å². The van der Waals surface area contributed by atoms with Crippen molar-refractivity contribution in [3.8, 4) is 5.75 Å². The first-order valence-corrected chi connectivity index (χ1v) is 6.35. The number of methoxy groups -OCH3 is 1. The van der Waals surface area contributed by atoms with E-state index in [9.17, 15) is 13.9 Å². The summed E-state index contributed by atoms with van der Waals surface area (Å²) >= 11 is 0. The highest BCUT2D eigenvalue weighted by molar-refractivity contribution is 8.39. The van der Waals surface area contributed by atoms with E-state index in [2.05, 4.69) is 4.99 Å². The number of aldehydes is 1. The molecule has 0 aromatic heterocycles. The van der Waals surface area contributed by atoms with Crippen molar-refractivity contribution in [2.45, 2.75) is 0 Å². The summed E-state index contributed by atoms with van der Waals surface area (Å²) in [5, 5.41) is 1.41. The Hall–Kier alpha value is -1.63. The summed E-state index contributed by atoms with van der Waals surface area (Å²) in [6, 6.07) is 4.74. The minimum atomic E-state index is -2.97. The van der Waals surface area contributed by atoms with Gasteiger partial charge in [-0.25, -0.2) is 4.99 Å². The maximum absolute atomic E-state index is 10.9. The highest BCUT2D eigenvalue weighted by Crippen LogP contribution is 2.48. The number of hydrogen-bond acceptors (Lipinski definition) is 5. The van der Waals surface area contributed by atoms with Gasteiger partial charge in [0.25, 0.3) is 0 Å². The zero-order valence-corrected chi connectivity index (χ0v) is 9.85. The standard InChI is InChI=1S/C11H11NO4S/c1-16-10-3-2-8(6-9(10)7-13)11-12-4-5-17(11,14)15/h2-7,14-15H,1H3. The molecule has 0 saturated heterocycles. The largest absolute Gasteiger partial charge is 0.496 e. The average Bonchev–Trinajstić information content (AvgIpc) is 2.68. The molecule has 1 aliphatic heterocycles. The number of carbonyl (C=O) groups excluding carboxylic acids is 1. The quantitative estimate of drug-likeness (QED) is 0.811. The zero-order chi connectivity index (χ0) is 12.5. The number of aliphatic imine (C=N–C) groups is 1. The van der Waals surface area contributed by atoms with Gasteiger partial charge < -0.3 is 4.74 Å². The van der Waals surface area contributed by atoms with Gasteiger partial charge in [-0.15, -0.1) is 10.6 Å². The molecule has 90 valence electrons. The number of ether oxygens (including phenoxy) is 1.